The van der Waals surface area contributed by atoms with Crippen molar-refractivity contribution < 1.29 is 19.4 Å². The lowest BCUT2D eigenvalue weighted by Crippen LogP contribution is -2.51. The van der Waals surface area contributed by atoms with Crippen LogP contribution in [0.5, 0.6) is 5.75 Å². The van der Waals surface area contributed by atoms with Gasteiger partial charge in [-0.3, -0.25) is 4.79 Å². The van der Waals surface area contributed by atoms with Crippen LogP contribution in [-0.2, 0) is 22.7 Å². The first-order valence-electron chi connectivity index (χ1n) is 9.00. The maximum atomic E-state index is 12.6. The normalized spacial score (nSPS) is 16.3. The number of aryl methyl sites for hydroxylation is 1. The fraction of sp³-hybridized carbons (Fsp3) is 0.474. The first-order valence-corrected chi connectivity index (χ1v) is 9.00. The SMILES string of the molecule is Cc1nnc2n1CC(C(=O)O)N(C(=O)CCOc1ccc(C(C)C)cc1)C2. The molecule has 27 heavy (non-hydrogen) atoms. The van der Waals surface area contributed by atoms with Crippen LogP contribution in [0.25, 0.3) is 0 Å². The first-order chi connectivity index (χ1) is 12.9. The predicted octanol–water partition coefficient (Wildman–Crippen LogP) is 1.97. The van der Waals surface area contributed by atoms with Gasteiger partial charge in [0.1, 0.15) is 17.6 Å². The topological polar surface area (TPSA) is 97.5 Å². The molecule has 8 nitrogen and oxygen atoms in total. The Bertz CT molecular complexity index is 829. The van der Waals surface area contributed by atoms with Gasteiger partial charge in [0.05, 0.1) is 26.1 Å². The minimum absolute atomic E-state index is 0.100. The third-order valence-electron chi connectivity index (χ3n) is 4.79. The highest BCUT2D eigenvalue weighted by atomic mass is 16.5. The number of ether oxygens (including phenoxy) is 1. The maximum absolute atomic E-state index is 12.6. The summed E-state index contributed by atoms with van der Waals surface area (Å²) in [4.78, 5) is 25.5. The lowest BCUT2D eigenvalue weighted by atomic mass is 10.0. The number of hydrogen-bond acceptors (Lipinski definition) is 5. The van der Waals surface area contributed by atoms with Crippen LogP contribution in [-0.4, -0.2) is 49.3 Å². The fourth-order valence-electron chi connectivity index (χ4n) is 3.14. The van der Waals surface area contributed by atoms with Crippen molar-refractivity contribution in [3.05, 3.63) is 41.5 Å². The Morgan fingerprint density at radius 3 is 2.59 bits per heavy atom. The number of carbonyl (C=O) groups excluding carboxylic acids is 1. The number of aromatic nitrogens is 3. The zero-order chi connectivity index (χ0) is 19.6. The highest BCUT2D eigenvalue weighted by Gasteiger charge is 2.36. The number of carboxylic acids is 1. The molecular weight excluding hydrogens is 348 g/mol. The zero-order valence-electron chi connectivity index (χ0n) is 15.8. The van der Waals surface area contributed by atoms with E-state index in [1.54, 1.807) is 11.5 Å². The van der Waals surface area contributed by atoms with E-state index >= 15 is 0 Å². The Morgan fingerprint density at radius 1 is 1.26 bits per heavy atom. The van der Waals surface area contributed by atoms with Crippen molar-refractivity contribution in [2.75, 3.05) is 6.61 Å². The van der Waals surface area contributed by atoms with Crippen molar-refractivity contribution in [3.63, 3.8) is 0 Å². The van der Waals surface area contributed by atoms with Crippen LogP contribution >= 0.6 is 0 Å². The molecule has 0 saturated heterocycles. The molecule has 144 valence electrons. The smallest absolute Gasteiger partial charge is 0.328 e. The molecule has 1 aromatic carbocycles. The Labute approximate surface area is 157 Å². The van der Waals surface area contributed by atoms with E-state index in [1.807, 2.05) is 24.3 Å². The van der Waals surface area contributed by atoms with Crippen molar-refractivity contribution in [3.8, 4) is 5.75 Å². The predicted molar refractivity (Wildman–Crippen MR) is 97.4 cm³/mol. The number of nitrogens with zero attached hydrogens (tertiary/aromatic N) is 4. The Morgan fingerprint density at radius 2 is 1.96 bits per heavy atom. The molecule has 1 amide bonds. The summed E-state index contributed by atoms with van der Waals surface area (Å²) in [7, 11) is 0. The molecule has 0 radical (unpaired) electrons. The second kappa shape index (κ2) is 7.77. The molecule has 1 N–H and O–H groups in total. The summed E-state index contributed by atoms with van der Waals surface area (Å²) in [5.74, 6) is 1.08. The molecule has 0 aliphatic carbocycles. The van der Waals surface area contributed by atoms with E-state index in [0.717, 1.165) is 0 Å². The number of rotatable bonds is 6. The summed E-state index contributed by atoms with van der Waals surface area (Å²) in [6.45, 7) is 6.49. The van der Waals surface area contributed by atoms with Crippen LogP contribution in [0.3, 0.4) is 0 Å². The van der Waals surface area contributed by atoms with Crippen molar-refractivity contribution >= 4 is 11.9 Å². The molecule has 1 atom stereocenters. The highest BCUT2D eigenvalue weighted by Crippen LogP contribution is 2.20. The van der Waals surface area contributed by atoms with E-state index in [0.29, 0.717) is 23.3 Å². The van der Waals surface area contributed by atoms with Gasteiger partial charge < -0.3 is 19.3 Å². The lowest BCUT2D eigenvalue weighted by Gasteiger charge is -2.33. The summed E-state index contributed by atoms with van der Waals surface area (Å²) in [5, 5.41) is 17.5. The van der Waals surface area contributed by atoms with Gasteiger partial charge in [0.2, 0.25) is 5.91 Å². The number of benzene rings is 1. The number of carbonyl (C=O) groups is 2. The molecule has 2 heterocycles. The molecule has 3 rings (SSSR count). The van der Waals surface area contributed by atoms with Gasteiger partial charge in [-0.15, -0.1) is 10.2 Å². The van der Waals surface area contributed by atoms with E-state index in [2.05, 4.69) is 24.0 Å². The molecule has 8 heteroatoms. The minimum atomic E-state index is -1.03. The molecule has 1 aliphatic heterocycles. The lowest BCUT2D eigenvalue weighted by molar-refractivity contribution is -0.153. The summed E-state index contributed by atoms with van der Waals surface area (Å²) < 4.78 is 7.39. The quantitative estimate of drug-likeness (QED) is 0.833. The molecule has 1 unspecified atom stereocenters. The molecule has 2 aromatic rings. The van der Waals surface area contributed by atoms with Gasteiger partial charge in [-0.1, -0.05) is 26.0 Å². The second-order valence-electron chi connectivity index (χ2n) is 6.97. The molecule has 0 fully saturated rings. The number of fused-ring (bicyclic) bond motifs is 1. The average Bonchev–Trinajstić information content (AvgIpc) is 3.01. The van der Waals surface area contributed by atoms with Gasteiger partial charge in [-0.25, -0.2) is 4.79 Å². The van der Waals surface area contributed by atoms with Gasteiger partial charge in [0.15, 0.2) is 5.82 Å². The molecule has 1 aromatic heterocycles. The Balaban J connectivity index is 1.60. The highest BCUT2D eigenvalue weighted by molar-refractivity contribution is 5.84. The second-order valence-corrected chi connectivity index (χ2v) is 6.97. The van der Waals surface area contributed by atoms with Crippen molar-refractivity contribution in [2.45, 2.75) is 52.2 Å². The molecule has 0 spiro atoms. The minimum Gasteiger partial charge on any atom is -0.493 e. The molecule has 1 aliphatic rings. The molecule has 0 saturated carbocycles. The van der Waals surface area contributed by atoms with Crippen LogP contribution in [0.2, 0.25) is 0 Å². The van der Waals surface area contributed by atoms with Gasteiger partial charge in [0.25, 0.3) is 0 Å². The van der Waals surface area contributed by atoms with Gasteiger partial charge in [-0.2, -0.15) is 0 Å². The maximum Gasteiger partial charge on any atom is 0.328 e. The summed E-state index contributed by atoms with van der Waals surface area (Å²) in [6.07, 6.45) is 0.100. The van der Waals surface area contributed by atoms with E-state index in [4.69, 9.17) is 4.74 Å². The van der Waals surface area contributed by atoms with Gasteiger partial charge >= 0.3 is 5.97 Å². The van der Waals surface area contributed by atoms with Crippen LogP contribution in [0.15, 0.2) is 24.3 Å². The number of aliphatic carboxylic acids is 1. The van der Waals surface area contributed by atoms with Crippen molar-refractivity contribution in [1.29, 1.82) is 0 Å². The third kappa shape index (κ3) is 4.10. The third-order valence-corrected chi connectivity index (χ3v) is 4.79. The monoisotopic (exact) mass is 372 g/mol. The summed E-state index contributed by atoms with van der Waals surface area (Å²) >= 11 is 0. The van der Waals surface area contributed by atoms with Crippen molar-refractivity contribution in [1.82, 2.24) is 19.7 Å². The first kappa shape index (κ1) is 18.9. The Kier molecular flexibility index (Phi) is 5.43. The standard InChI is InChI=1S/C19H24N4O4/c1-12(2)14-4-6-15(7-5-14)27-9-8-18(24)23-11-17-21-20-13(3)22(17)10-16(23)19(25)26/h4-7,12,16H,8-11H2,1-3H3,(H,25,26). The molecular formula is C19H24N4O4. The van der Waals surface area contributed by atoms with Gasteiger partial charge in [0, 0.05) is 0 Å². The van der Waals surface area contributed by atoms with Crippen molar-refractivity contribution in [2.24, 2.45) is 0 Å². The largest absolute Gasteiger partial charge is 0.493 e. The zero-order valence-corrected chi connectivity index (χ0v) is 15.8. The van der Waals surface area contributed by atoms with Crippen LogP contribution in [0.4, 0.5) is 0 Å². The number of amides is 1. The summed E-state index contributed by atoms with van der Waals surface area (Å²) in [5.41, 5.74) is 1.22. The van der Waals surface area contributed by atoms with E-state index in [1.165, 1.54) is 10.5 Å². The van der Waals surface area contributed by atoms with E-state index < -0.39 is 12.0 Å². The Hall–Kier alpha value is -2.90. The van der Waals surface area contributed by atoms with Gasteiger partial charge in [-0.05, 0) is 30.5 Å². The number of hydrogen-bond donors (Lipinski definition) is 1. The van der Waals surface area contributed by atoms with Crippen LogP contribution in [0.1, 0.15) is 43.4 Å². The molecule has 0 bridgehead atoms. The van der Waals surface area contributed by atoms with E-state index in [-0.39, 0.29) is 32.0 Å². The fourth-order valence-corrected chi connectivity index (χ4v) is 3.14. The average molecular weight is 372 g/mol. The van der Waals surface area contributed by atoms with Crippen LogP contribution < -0.4 is 4.74 Å². The van der Waals surface area contributed by atoms with E-state index in [9.17, 15) is 14.7 Å². The number of carboxylic acid groups (broad SMARTS) is 1. The van der Waals surface area contributed by atoms with Crippen LogP contribution in [0, 0.1) is 6.92 Å². The summed E-state index contributed by atoms with van der Waals surface area (Å²) in [6, 6.07) is 6.84.